The van der Waals surface area contributed by atoms with Crippen LogP contribution < -0.4 is 5.73 Å². The van der Waals surface area contributed by atoms with E-state index < -0.39 is 5.91 Å². The molecule has 0 atom stereocenters. The first-order valence-corrected chi connectivity index (χ1v) is 4.67. The van der Waals surface area contributed by atoms with Gasteiger partial charge in [-0.05, 0) is 6.07 Å². The highest BCUT2D eigenvalue weighted by Crippen LogP contribution is 2.18. The Hall–Kier alpha value is -1.82. The average molecular weight is 206 g/mol. The molecular weight excluding hydrogens is 200 g/mol. The number of nitrogens with two attached hydrogens (primary N) is 1. The summed E-state index contributed by atoms with van der Waals surface area (Å²) in [6, 6.07) is 1.48. The molecule has 6 heteroatoms. The van der Waals surface area contributed by atoms with Gasteiger partial charge in [0.05, 0.1) is 10.4 Å². The highest BCUT2D eigenvalue weighted by atomic mass is 32.1. The fraction of sp³-hybridized carbons (Fsp3) is 0. The molecule has 0 aliphatic rings. The number of amides is 1. The summed E-state index contributed by atoms with van der Waals surface area (Å²) in [7, 11) is 0. The normalized spacial score (nSPS) is 10.0. The maximum atomic E-state index is 10.8. The number of aromatic nitrogens is 3. The summed E-state index contributed by atoms with van der Waals surface area (Å²) in [4.78, 5) is 23.6. The van der Waals surface area contributed by atoms with Gasteiger partial charge in [-0.1, -0.05) is 0 Å². The molecule has 0 unspecified atom stereocenters. The van der Waals surface area contributed by atoms with E-state index in [0.29, 0.717) is 5.82 Å². The highest BCUT2D eigenvalue weighted by Gasteiger charge is 2.06. The summed E-state index contributed by atoms with van der Waals surface area (Å²) in [5.41, 5.74) is 6.98. The van der Waals surface area contributed by atoms with Gasteiger partial charge in [0.1, 0.15) is 5.69 Å². The van der Waals surface area contributed by atoms with Gasteiger partial charge in [0.2, 0.25) is 0 Å². The van der Waals surface area contributed by atoms with Gasteiger partial charge in [-0.25, -0.2) is 9.97 Å². The maximum absolute atomic E-state index is 10.8. The van der Waals surface area contributed by atoms with Crippen molar-refractivity contribution in [2.45, 2.75) is 0 Å². The van der Waals surface area contributed by atoms with Crippen molar-refractivity contribution in [1.82, 2.24) is 15.0 Å². The second kappa shape index (κ2) is 3.51. The maximum Gasteiger partial charge on any atom is 0.267 e. The van der Waals surface area contributed by atoms with Crippen LogP contribution in [0.25, 0.3) is 10.7 Å². The molecular formula is C8H6N4OS. The quantitative estimate of drug-likeness (QED) is 0.784. The topological polar surface area (TPSA) is 81.8 Å². The van der Waals surface area contributed by atoms with Gasteiger partial charge < -0.3 is 5.73 Å². The Labute approximate surface area is 83.7 Å². The molecule has 2 aromatic heterocycles. The Morgan fingerprint density at radius 2 is 2.36 bits per heavy atom. The molecule has 1 amide bonds. The van der Waals surface area contributed by atoms with E-state index in [0.717, 1.165) is 4.88 Å². The lowest BCUT2D eigenvalue weighted by atomic mass is 10.4. The van der Waals surface area contributed by atoms with Gasteiger partial charge in [0, 0.05) is 12.4 Å². The minimum absolute atomic E-state index is 0.211. The molecule has 5 nitrogen and oxygen atoms in total. The summed E-state index contributed by atoms with van der Waals surface area (Å²) in [6.45, 7) is 0. The van der Waals surface area contributed by atoms with E-state index in [1.807, 2.05) is 0 Å². The van der Waals surface area contributed by atoms with Gasteiger partial charge in [-0.2, -0.15) is 0 Å². The number of carbonyl (C=O) groups excluding carboxylic acids is 1. The number of hydrogen-bond donors (Lipinski definition) is 1. The summed E-state index contributed by atoms with van der Waals surface area (Å²) in [5, 5.41) is 0. The summed E-state index contributed by atoms with van der Waals surface area (Å²) in [6.07, 6.45) is 3.15. The zero-order chi connectivity index (χ0) is 9.97. The van der Waals surface area contributed by atoms with Crippen LogP contribution in [-0.4, -0.2) is 20.9 Å². The monoisotopic (exact) mass is 206 g/mol. The van der Waals surface area contributed by atoms with Crippen molar-refractivity contribution in [3.63, 3.8) is 0 Å². The van der Waals surface area contributed by atoms with Crippen molar-refractivity contribution >= 4 is 17.2 Å². The smallest absolute Gasteiger partial charge is 0.267 e. The Balaban J connectivity index is 2.46. The van der Waals surface area contributed by atoms with E-state index in [1.165, 1.54) is 23.6 Å². The Kier molecular flexibility index (Phi) is 2.19. The van der Waals surface area contributed by atoms with Gasteiger partial charge >= 0.3 is 0 Å². The lowest BCUT2D eigenvalue weighted by molar-refractivity contribution is 0.0995. The largest absolute Gasteiger partial charge is 0.364 e. The molecule has 2 aromatic rings. The predicted octanol–water partition coefficient (Wildman–Crippen LogP) is 0.699. The molecule has 0 spiro atoms. The fourth-order valence-corrected chi connectivity index (χ4v) is 1.50. The van der Waals surface area contributed by atoms with Crippen LogP contribution in [0.4, 0.5) is 0 Å². The molecule has 0 radical (unpaired) electrons. The second-order valence-electron chi connectivity index (χ2n) is 2.50. The zero-order valence-corrected chi connectivity index (χ0v) is 7.86. The molecule has 2 N–H and O–H groups in total. The summed E-state index contributed by atoms with van der Waals surface area (Å²) < 4.78 is 0. The zero-order valence-electron chi connectivity index (χ0n) is 7.04. The summed E-state index contributed by atoms with van der Waals surface area (Å²) in [5.74, 6) is -0.0815. The standard InChI is InChI=1S/C8H6N4OS/c9-7(13)5-1-2-11-8(12-5)6-3-10-4-14-6/h1-4H,(H2,9,13). The molecule has 2 rings (SSSR count). The number of nitrogens with zero attached hydrogens (tertiary/aromatic N) is 3. The second-order valence-corrected chi connectivity index (χ2v) is 3.38. The van der Waals surface area contributed by atoms with Crippen LogP contribution in [0.5, 0.6) is 0 Å². The van der Waals surface area contributed by atoms with Crippen LogP contribution in [0.2, 0.25) is 0 Å². The van der Waals surface area contributed by atoms with Crippen LogP contribution in [0.1, 0.15) is 10.5 Å². The molecule has 0 fully saturated rings. The highest BCUT2D eigenvalue weighted by molar-refractivity contribution is 7.13. The number of carbonyl (C=O) groups is 1. The fourth-order valence-electron chi connectivity index (χ4n) is 0.941. The first-order valence-electron chi connectivity index (χ1n) is 3.79. The number of hydrogen-bond acceptors (Lipinski definition) is 5. The van der Waals surface area contributed by atoms with Crippen LogP contribution in [0.15, 0.2) is 24.0 Å². The Bertz CT molecular complexity index is 454. The first-order chi connectivity index (χ1) is 6.77. The minimum Gasteiger partial charge on any atom is -0.364 e. The molecule has 0 aromatic carbocycles. The average Bonchev–Trinajstić information content (AvgIpc) is 2.71. The van der Waals surface area contributed by atoms with Crippen LogP contribution >= 0.6 is 11.3 Å². The lowest BCUT2D eigenvalue weighted by Gasteiger charge is -1.96. The van der Waals surface area contributed by atoms with Gasteiger partial charge in [0.15, 0.2) is 5.82 Å². The molecule has 70 valence electrons. The molecule has 14 heavy (non-hydrogen) atoms. The van der Waals surface area contributed by atoms with Crippen LogP contribution in [0, 0.1) is 0 Å². The third-order valence-corrected chi connectivity index (χ3v) is 2.33. The SMILES string of the molecule is NC(=O)c1ccnc(-c2cncs2)n1. The first kappa shape index (κ1) is 8.76. The third-order valence-electron chi connectivity index (χ3n) is 1.56. The summed E-state index contributed by atoms with van der Waals surface area (Å²) >= 11 is 1.41. The van der Waals surface area contributed by atoms with E-state index in [4.69, 9.17) is 5.73 Å². The third kappa shape index (κ3) is 1.60. The molecule has 0 saturated heterocycles. The Morgan fingerprint density at radius 1 is 1.50 bits per heavy atom. The van der Waals surface area contributed by atoms with Crippen molar-refractivity contribution in [2.24, 2.45) is 5.73 Å². The van der Waals surface area contributed by atoms with Gasteiger partial charge in [-0.3, -0.25) is 9.78 Å². The van der Waals surface area contributed by atoms with E-state index in [-0.39, 0.29) is 5.69 Å². The molecule has 0 saturated carbocycles. The van der Waals surface area contributed by atoms with Gasteiger partial charge in [-0.15, -0.1) is 11.3 Å². The number of primary amides is 1. The van der Waals surface area contributed by atoms with Gasteiger partial charge in [0.25, 0.3) is 5.91 Å². The predicted molar refractivity (Wildman–Crippen MR) is 51.7 cm³/mol. The van der Waals surface area contributed by atoms with Crippen molar-refractivity contribution in [2.75, 3.05) is 0 Å². The molecule has 2 heterocycles. The van der Waals surface area contributed by atoms with E-state index in [1.54, 1.807) is 11.7 Å². The van der Waals surface area contributed by atoms with E-state index >= 15 is 0 Å². The van der Waals surface area contributed by atoms with E-state index in [9.17, 15) is 4.79 Å². The molecule has 0 aliphatic heterocycles. The van der Waals surface area contributed by atoms with Crippen LogP contribution in [0.3, 0.4) is 0 Å². The van der Waals surface area contributed by atoms with Crippen molar-refractivity contribution in [3.8, 4) is 10.7 Å². The number of thiazole rings is 1. The molecule has 0 bridgehead atoms. The van der Waals surface area contributed by atoms with Crippen molar-refractivity contribution in [3.05, 3.63) is 29.7 Å². The molecule has 0 aliphatic carbocycles. The number of rotatable bonds is 2. The van der Waals surface area contributed by atoms with Crippen molar-refractivity contribution in [1.29, 1.82) is 0 Å². The minimum atomic E-state index is -0.557. The van der Waals surface area contributed by atoms with Crippen LogP contribution in [-0.2, 0) is 0 Å². The Morgan fingerprint density at radius 3 is 3.00 bits per heavy atom. The van der Waals surface area contributed by atoms with E-state index in [2.05, 4.69) is 15.0 Å². The lowest BCUT2D eigenvalue weighted by Crippen LogP contribution is -2.13. The van der Waals surface area contributed by atoms with Crippen molar-refractivity contribution < 1.29 is 4.79 Å².